The smallest absolute Gasteiger partial charge is 0.328 e. The molecule has 0 radical (unpaired) electrons. The molecule has 0 aromatic heterocycles. The number of methoxy groups -OCH3 is 1. The fourth-order valence-corrected chi connectivity index (χ4v) is 4.69. The zero-order valence-electron chi connectivity index (χ0n) is 19.4. The average molecular weight is 462 g/mol. The van der Waals surface area contributed by atoms with Crippen LogP contribution in [-0.4, -0.2) is 77.2 Å². The van der Waals surface area contributed by atoms with Gasteiger partial charge in [0, 0.05) is 32.0 Å². The molecule has 2 aromatic carbocycles. The Balaban J connectivity index is 1.63. The third-order valence-corrected chi connectivity index (χ3v) is 6.40. The summed E-state index contributed by atoms with van der Waals surface area (Å²) in [6.07, 6.45) is 1.60. The highest BCUT2D eigenvalue weighted by atomic mass is 16.5. The van der Waals surface area contributed by atoms with Crippen LogP contribution in [0.25, 0.3) is 5.70 Å². The first kappa shape index (κ1) is 22.0. The number of urea groups is 1. The van der Waals surface area contributed by atoms with Crippen molar-refractivity contribution in [3.63, 3.8) is 0 Å². The van der Waals surface area contributed by atoms with Gasteiger partial charge in [-0.3, -0.25) is 19.5 Å². The Morgan fingerprint density at radius 1 is 1.12 bits per heavy atom. The average Bonchev–Trinajstić information content (AvgIpc) is 3.39. The van der Waals surface area contributed by atoms with Gasteiger partial charge in [0.2, 0.25) is 5.96 Å². The lowest BCUT2D eigenvalue weighted by Crippen LogP contribution is -2.64. The molecule has 1 saturated heterocycles. The molecule has 176 valence electrons. The van der Waals surface area contributed by atoms with Gasteiger partial charge in [0.05, 0.1) is 18.5 Å². The monoisotopic (exact) mass is 461 g/mol. The van der Waals surface area contributed by atoms with Crippen molar-refractivity contribution in [2.75, 3.05) is 32.2 Å². The van der Waals surface area contributed by atoms with Crippen molar-refractivity contribution in [2.45, 2.75) is 25.6 Å². The topological polar surface area (TPSA) is 88.9 Å². The summed E-state index contributed by atoms with van der Waals surface area (Å²) in [6.45, 7) is 2.07. The zero-order chi connectivity index (χ0) is 24.0. The predicted molar refractivity (Wildman–Crippen MR) is 128 cm³/mol. The maximum Gasteiger partial charge on any atom is 0.328 e. The van der Waals surface area contributed by atoms with E-state index in [-0.39, 0.29) is 19.1 Å². The number of ether oxygens (including phenoxy) is 1. The largest absolute Gasteiger partial charge is 0.495 e. The molecule has 5 rings (SSSR count). The van der Waals surface area contributed by atoms with Gasteiger partial charge in [0.25, 0.3) is 5.91 Å². The molecule has 0 aliphatic carbocycles. The summed E-state index contributed by atoms with van der Waals surface area (Å²) in [5.74, 6) is 0.920. The van der Waals surface area contributed by atoms with Crippen molar-refractivity contribution in [3.8, 4) is 5.75 Å². The minimum atomic E-state index is -0.684. The number of nitrogens with zero attached hydrogens (tertiary/aromatic N) is 5. The second kappa shape index (κ2) is 8.49. The number of anilines is 1. The van der Waals surface area contributed by atoms with Crippen LogP contribution >= 0.6 is 0 Å². The Hall–Kier alpha value is -3.85. The fraction of sp³-hybridized carbons (Fsp3) is 0.320. The van der Waals surface area contributed by atoms with Crippen LogP contribution in [0.15, 0.2) is 59.7 Å². The van der Waals surface area contributed by atoms with E-state index >= 15 is 0 Å². The zero-order valence-corrected chi connectivity index (χ0v) is 19.4. The molecule has 1 N–H and O–H groups in total. The Morgan fingerprint density at radius 2 is 1.88 bits per heavy atom. The van der Waals surface area contributed by atoms with Crippen molar-refractivity contribution in [1.82, 2.24) is 14.7 Å². The summed E-state index contributed by atoms with van der Waals surface area (Å²) in [5, 5.41) is 9.24. The van der Waals surface area contributed by atoms with Gasteiger partial charge >= 0.3 is 6.03 Å². The number of carbonyl (C=O) groups is 2. The fourth-order valence-electron chi connectivity index (χ4n) is 4.69. The second-order valence-corrected chi connectivity index (χ2v) is 8.55. The third kappa shape index (κ3) is 3.31. The quantitative estimate of drug-likeness (QED) is 0.711. The summed E-state index contributed by atoms with van der Waals surface area (Å²) in [6, 6.07) is 14.7. The molecular weight excluding hydrogens is 434 g/mol. The first-order valence-corrected chi connectivity index (χ1v) is 11.2. The van der Waals surface area contributed by atoms with Crippen molar-refractivity contribution in [3.05, 3.63) is 65.9 Å². The van der Waals surface area contributed by atoms with Crippen LogP contribution in [-0.2, 0) is 4.79 Å². The van der Waals surface area contributed by atoms with Crippen LogP contribution in [0, 0.1) is 6.92 Å². The minimum Gasteiger partial charge on any atom is -0.495 e. The van der Waals surface area contributed by atoms with E-state index in [1.807, 2.05) is 71.5 Å². The number of aliphatic hydroxyl groups is 1. The minimum absolute atomic E-state index is 0.0979. The first-order valence-electron chi connectivity index (χ1n) is 11.2. The molecule has 9 heteroatoms. The molecule has 3 amide bonds. The van der Waals surface area contributed by atoms with E-state index < -0.39 is 18.2 Å². The van der Waals surface area contributed by atoms with E-state index in [1.165, 1.54) is 9.80 Å². The summed E-state index contributed by atoms with van der Waals surface area (Å²) >= 11 is 0. The van der Waals surface area contributed by atoms with Crippen LogP contribution in [0.4, 0.5) is 10.5 Å². The number of fused-ring (bicyclic) bond motifs is 3. The van der Waals surface area contributed by atoms with Crippen molar-refractivity contribution in [1.29, 1.82) is 0 Å². The molecule has 0 spiro atoms. The van der Waals surface area contributed by atoms with Crippen LogP contribution in [0.2, 0.25) is 0 Å². The number of aliphatic imine (C=N–C) groups is 1. The first-order chi connectivity index (χ1) is 16.5. The number of amides is 3. The van der Waals surface area contributed by atoms with Crippen molar-refractivity contribution < 1.29 is 19.4 Å². The van der Waals surface area contributed by atoms with E-state index in [0.717, 1.165) is 22.5 Å². The molecule has 3 heterocycles. The van der Waals surface area contributed by atoms with Crippen LogP contribution < -0.4 is 9.64 Å². The molecule has 34 heavy (non-hydrogen) atoms. The summed E-state index contributed by atoms with van der Waals surface area (Å²) in [4.78, 5) is 37.8. The highest BCUT2D eigenvalue weighted by Crippen LogP contribution is 2.43. The number of benzene rings is 2. The molecule has 9 nitrogen and oxygen atoms in total. The van der Waals surface area contributed by atoms with Gasteiger partial charge in [-0.15, -0.1) is 0 Å². The Labute approximate surface area is 198 Å². The molecule has 0 saturated carbocycles. The molecule has 2 aromatic rings. The number of imide groups is 1. The van der Waals surface area contributed by atoms with Gasteiger partial charge < -0.3 is 14.7 Å². The van der Waals surface area contributed by atoms with Crippen LogP contribution in [0.3, 0.4) is 0 Å². The second-order valence-electron chi connectivity index (χ2n) is 8.55. The molecule has 3 aliphatic rings. The van der Waals surface area contributed by atoms with E-state index in [1.54, 1.807) is 14.2 Å². The lowest BCUT2D eigenvalue weighted by Gasteiger charge is -2.40. The SMILES string of the molecule is COc1ccc(C)cc1N1C(c2ccccc2)=CN2C1=NC1C2C(=O)N(CCCO)C(=O)N1C. The van der Waals surface area contributed by atoms with E-state index in [9.17, 15) is 14.7 Å². The standard InChI is InChI=1S/C25H27N5O4/c1-16-10-11-20(34-3)18(14-16)30-19(17-8-5-4-6-9-17)15-29-21-22(26-24(29)30)27(2)25(33)28(23(21)32)12-7-13-31/h4-6,8-11,14-15,21-22,31H,7,12-13H2,1-3H3. The number of aryl methyl sites for hydroxylation is 1. The van der Waals surface area contributed by atoms with Crippen molar-refractivity contribution >= 4 is 29.3 Å². The summed E-state index contributed by atoms with van der Waals surface area (Å²) < 4.78 is 5.68. The van der Waals surface area contributed by atoms with Crippen molar-refractivity contribution in [2.24, 2.45) is 4.99 Å². The van der Waals surface area contributed by atoms with Gasteiger partial charge in [-0.1, -0.05) is 36.4 Å². The highest BCUT2D eigenvalue weighted by Gasteiger charge is 2.55. The summed E-state index contributed by atoms with van der Waals surface area (Å²) in [5.41, 5.74) is 3.67. The normalized spacial score (nSPS) is 21.5. The van der Waals surface area contributed by atoms with Crippen LogP contribution in [0.1, 0.15) is 17.5 Å². The molecule has 2 unspecified atom stereocenters. The van der Waals surface area contributed by atoms with E-state index in [2.05, 4.69) is 0 Å². The highest BCUT2D eigenvalue weighted by molar-refractivity contribution is 6.16. The Bertz CT molecular complexity index is 1200. The number of rotatable bonds is 6. The van der Waals surface area contributed by atoms with Gasteiger partial charge in [-0.05, 0) is 31.0 Å². The maximum atomic E-state index is 13.5. The summed E-state index contributed by atoms with van der Waals surface area (Å²) in [7, 11) is 3.28. The van der Waals surface area contributed by atoms with Gasteiger partial charge in [0.1, 0.15) is 5.75 Å². The van der Waals surface area contributed by atoms with E-state index in [4.69, 9.17) is 9.73 Å². The molecule has 3 aliphatic heterocycles. The number of likely N-dealkylation sites (N-methyl/N-ethyl adjacent to an activating group) is 1. The predicted octanol–water partition coefficient (Wildman–Crippen LogP) is 2.46. The van der Waals surface area contributed by atoms with E-state index in [0.29, 0.717) is 18.1 Å². The molecule has 2 atom stereocenters. The number of aliphatic hydroxyl groups excluding tert-OH is 1. The Kier molecular flexibility index (Phi) is 5.49. The number of carbonyl (C=O) groups excluding carboxylic acids is 2. The lowest BCUT2D eigenvalue weighted by atomic mass is 10.1. The molecular formula is C25H27N5O4. The molecule has 1 fully saturated rings. The van der Waals surface area contributed by atoms with Gasteiger partial charge in [-0.25, -0.2) is 9.79 Å². The molecule has 0 bridgehead atoms. The maximum absolute atomic E-state index is 13.5. The van der Waals surface area contributed by atoms with Gasteiger partial charge in [0.15, 0.2) is 12.2 Å². The lowest BCUT2D eigenvalue weighted by molar-refractivity contribution is -0.136. The number of guanidine groups is 1. The third-order valence-electron chi connectivity index (χ3n) is 6.40. The van der Waals surface area contributed by atoms with Gasteiger partial charge in [-0.2, -0.15) is 0 Å². The number of hydrogen-bond acceptors (Lipinski definition) is 7. The van der Waals surface area contributed by atoms with Crippen LogP contribution in [0.5, 0.6) is 5.75 Å². The Morgan fingerprint density at radius 3 is 2.59 bits per heavy atom. The number of hydrogen-bond donors (Lipinski definition) is 1.